The number of thiophene rings is 2. The summed E-state index contributed by atoms with van der Waals surface area (Å²) in [7, 11) is 0. The van der Waals surface area contributed by atoms with Crippen molar-refractivity contribution in [3.05, 3.63) is 83.7 Å². The largest absolute Gasteiger partial charge is 0.144 e. The molecule has 4 rings (SSSR count). The average molecular weight is 431 g/mol. The quantitative estimate of drug-likeness (QED) is 0.220. The standard InChI is InChI=1S/C28H30S2/c1-2-3-4-5-6-7-9-22-11-13-24(14-12-22)27-19-20-28(30-27)25-17-15-23(16-18-25)26-10-8-21-29-26/h8,10-21H,2-7,9H2,1H3. The highest BCUT2D eigenvalue weighted by molar-refractivity contribution is 7.18. The number of unbranched alkanes of at least 4 members (excludes halogenated alkanes) is 5. The molecule has 0 radical (unpaired) electrons. The maximum Gasteiger partial charge on any atom is 0.0349 e. The molecule has 2 heteroatoms. The molecule has 0 atom stereocenters. The van der Waals surface area contributed by atoms with E-state index in [9.17, 15) is 0 Å². The molecule has 0 aliphatic carbocycles. The van der Waals surface area contributed by atoms with Crippen molar-refractivity contribution in [1.29, 1.82) is 0 Å². The number of hydrogen-bond donors (Lipinski definition) is 0. The van der Waals surface area contributed by atoms with Crippen LogP contribution in [-0.4, -0.2) is 0 Å². The molecule has 0 saturated heterocycles. The van der Waals surface area contributed by atoms with Crippen molar-refractivity contribution in [2.24, 2.45) is 0 Å². The summed E-state index contributed by atoms with van der Waals surface area (Å²) in [6, 6.07) is 27.0. The van der Waals surface area contributed by atoms with Gasteiger partial charge in [-0.25, -0.2) is 0 Å². The molecular weight excluding hydrogens is 400 g/mol. The van der Waals surface area contributed by atoms with Crippen LogP contribution in [0.1, 0.15) is 51.0 Å². The molecular formula is C28H30S2. The van der Waals surface area contributed by atoms with Crippen LogP contribution in [0.2, 0.25) is 0 Å². The Morgan fingerprint density at radius 2 is 1.13 bits per heavy atom. The lowest BCUT2D eigenvalue weighted by Gasteiger charge is -2.04. The summed E-state index contributed by atoms with van der Waals surface area (Å²) in [4.78, 5) is 4.01. The predicted octanol–water partition coefficient (Wildman–Crippen LogP) is 9.71. The summed E-state index contributed by atoms with van der Waals surface area (Å²) in [5, 5.41) is 2.13. The van der Waals surface area contributed by atoms with Gasteiger partial charge in [-0.1, -0.05) is 93.6 Å². The van der Waals surface area contributed by atoms with Gasteiger partial charge in [-0.3, -0.25) is 0 Å². The van der Waals surface area contributed by atoms with Crippen molar-refractivity contribution in [1.82, 2.24) is 0 Å². The Morgan fingerprint density at radius 1 is 0.567 bits per heavy atom. The second kappa shape index (κ2) is 10.7. The summed E-state index contributed by atoms with van der Waals surface area (Å²) < 4.78 is 0. The minimum atomic E-state index is 1.21. The van der Waals surface area contributed by atoms with E-state index in [0.29, 0.717) is 0 Å². The Morgan fingerprint density at radius 3 is 1.73 bits per heavy atom. The highest BCUT2D eigenvalue weighted by atomic mass is 32.1. The van der Waals surface area contributed by atoms with E-state index < -0.39 is 0 Å². The predicted molar refractivity (Wildman–Crippen MR) is 136 cm³/mol. The first-order chi connectivity index (χ1) is 14.8. The van der Waals surface area contributed by atoms with Crippen LogP contribution in [0.25, 0.3) is 31.3 Å². The Hall–Kier alpha value is -2.16. The highest BCUT2D eigenvalue weighted by Gasteiger charge is 2.06. The first kappa shape index (κ1) is 21.1. The maximum atomic E-state index is 2.32. The number of hydrogen-bond acceptors (Lipinski definition) is 2. The molecule has 2 heterocycles. The van der Waals surface area contributed by atoms with Crippen molar-refractivity contribution in [3.8, 4) is 31.3 Å². The van der Waals surface area contributed by atoms with Gasteiger partial charge in [0, 0.05) is 14.6 Å². The molecule has 0 nitrogen and oxygen atoms in total. The Labute approximate surface area is 189 Å². The van der Waals surface area contributed by atoms with Crippen molar-refractivity contribution in [2.75, 3.05) is 0 Å². The average Bonchev–Trinajstić information content (AvgIpc) is 3.49. The third kappa shape index (κ3) is 5.50. The molecule has 0 spiro atoms. The van der Waals surface area contributed by atoms with Gasteiger partial charge >= 0.3 is 0 Å². The molecule has 0 saturated carbocycles. The smallest absolute Gasteiger partial charge is 0.0349 e. The van der Waals surface area contributed by atoms with Gasteiger partial charge in [0.1, 0.15) is 0 Å². The zero-order valence-corrected chi connectivity index (χ0v) is 19.4. The summed E-state index contributed by atoms with van der Waals surface area (Å²) >= 11 is 3.67. The fraction of sp³-hybridized carbons (Fsp3) is 0.286. The van der Waals surface area contributed by atoms with E-state index >= 15 is 0 Å². The minimum absolute atomic E-state index is 1.21. The summed E-state index contributed by atoms with van der Waals surface area (Å²) in [6.07, 6.45) is 9.38. The molecule has 0 unspecified atom stereocenters. The first-order valence-corrected chi connectivity index (χ1v) is 12.9. The maximum absolute atomic E-state index is 2.32. The molecule has 0 aliphatic heterocycles. The van der Waals surface area contributed by atoms with E-state index in [1.807, 2.05) is 11.3 Å². The van der Waals surface area contributed by atoms with Crippen molar-refractivity contribution in [3.63, 3.8) is 0 Å². The van der Waals surface area contributed by atoms with Crippen LogP contribution >= 0.6 is 22.7 Å². The van der Waals surface area contributed by atoms with Crippen LogP contribution in [0, 0.1) is 0 Å². The summed E-state index contributed by atoms with van der Waals surface area (Å²) in [6.45, 7) is 2.28. The first-order valence-electron chi connectivity index (χ1n) is 11.2. The van der Waals surface area contributed by atoms with Crippen LogP contribution < -0.4 is 0 Å². The van der Waals surface area contributed by atoms with Gasteiger partial charge in [-0.15, -0.1) is 22.7 Å². The molecule has 2 aromatic carbocycles. The molecule has 30 heavy (non-hydrogen) atoms. The lowest BCUT2D eigenvalue weighted by Crippen LogP contribution is -1.86. The molecule has 0 aliphatic rings. The van der Waals surface area contributed by atoms with Crippen molar-refractivity contribution < 1.29 is 0 Å². The van der Waals surface area contributed by atoms with E-state index in [0.717, 1.165) is 0 Å². The van der Waals surface area contributed by atoms with E-state index in [1.54, 1.807) is 11.3 Å². The van der Waals surface area contributed by atoms with Gasteiger partial charge in [0.15, 0.2) is 0 Å². The summed E-state index contributed by atoms with van der Waals surface area (Å²) in [5.74, 6) is 0. The van der Waals surface area contributed by atoms with E-state index in [4.69, 9.17) is 0 Å². The molecule has 2 aromatic heterocycles. The zero-order valence-electron chi connectivity index (χ0n) is 17.8. The highest BCUT2D eigenvalue weighted by Crippen LogP contribution is 2.35. The van der Waals surface area contributed by atoms with Gasteiger partial charge in [-0.05, 0) is 58.7 Å². The van der Waals surface area contributed by atoms with Gasteiger partial charge in [0.05, 0.1) is 0 Å². The van der Waals surface area contributed by atoms with Crippen molar-refractivity contribution >= 4 is 22.7 Å². The zero-order chi connectivity index (χ0) is 20.6. The normalized spacial score (nSPS) is 11.1. The van der Waals surface area contributed by atoms with Gasteiger partial charge in [-0.2, -0.15) is 0 Å². The van der Waals surface area contributed by atoms with E-state index in [1.165, 1.54) is 81.8 Å². The Kier molecular flexibility index (Phi) is 7.55. The molecule has 0 N–H and O–H groups in total. The van der Waals surface area contributed by atoms with Crippen LogP contribution in [0.3, 0.4) is 0 Å². The third-order valence-electron chi connectivity index (χ3n) is 5.64. The number of aryl methyl sites for hydroxylation is 1. The Balaban J connectivity index is 1.35. The van der Waals surface area contributed by atoms with Gasteiger partial charge < -0.3 is 0 Å². The summed E-state index contributed by atoms with van der Waals surface area (Å²) in [5.41, 5.74) is 5.39. The molecule has 0 amide bonds. The van der Waals surface area contributed by atoms with Crippen molar-refractivity contribution in [2.45, 2.75) is 51.9 Å². The Bertz CT molecular complexity index is 1010. The number of rotatable bonds is 10. The molecule has 4 aromatic rings. The minimum Gasteiger partial charge on any atom is -0.144 e. The molecule has 0 fully saturated rings. The second-order valence-corrected chi connectivity index (χ2v) is 9.96. The van der Waals surface area contributed by atoms with Crippen LogP contribution in [0.4, 0.5) is 0 Å². The van der Waals surface area contributed by atoms with E-state index in [2.05, 4.69) is 85.1 Å². The van der Waals surface area contributed by atoms with E-state index in [-0.39, 0.29) is 0 Å². The second-order valence-electron chi connectivity index (χ2n) is 7.93. The van der Waals surface area contributed by atoms with Crippen LogP contribution in [-0.2, 0) is 6.42 Å². The fourth-order valence-electron chi connectivity index (χ4n) is 3.83. The fourth-order valence-corrected chi connectivity index (χ4v) is 5.58. The lowest BCUT2D eigenvalue weighted by atomic mass is 10.0. The van der Waals surface area contributed by atoms with Gasteiger partial charge in [0.25, 0.3) is 0 Å². The number of benzene rings is 2. The molecule has 154 valence electrons. The SMILES string of the molecule is CCCCCCCCc1ccc(-c2ccc(-c3ccc(-c4cccs4)cc3)s2)cc1. The topological polar surface area (TPSA) is 0 Å². The lowest BCUT2D eigenvalue weighted by molar-refractivity contribution is 0.607. The van der Waals surface area contributed by atoms with Gasteiger partial charge in [0.2, 0.25) is 0 Å². The van der Waals surface area contributed by atoms with Crippen LogP contribution in [0.15, 0.2) is 78.2 Å². The third-order valence-corrected chi connectivity index (χ3v) is 7.74. The van der Waals surface area contributed by atoms with Crippen LogP contribution in [0.5, 0.6) is 0 Å². The monoisotopic (exact) mass is 430 g/mol. The molecule has 0 bridgehead atoms.